The van der Waals surface area contributed by atoms with Crippen LogP contribution in [-0.4, -0.2) is 7.72 Å². The summed E-state index contributed by atoms with van der Waals surface area (Å²) in [6, 6.07) is 0. The van der Waals surface area contributed by atoms with Gasteiger partial charge in [-0.25, -0.2) is 0 Å². The molecule has 0 aromatic rings. The molecular formula is BFeO4V. The molecule has 0 N–H and O–H groups in total. The van der Waals surface area contributed by atoms with Crippen LogP contribution in [0.1, 0.15) is 0 Å². The van der Waals surface area contributed by atoms with Gasteiger partial charge in [0.05, 0.1) is 0 Å². The van der Waals surface area contributed by atoms with Gasteiger partial charge in [0.2, 0.25) is 0 Å². The van der Waals surface area contributed by atoms with Gasteiger partial charge in [0.25, 0.3) is 0 Å². The predicted octanol–water partition coefficient (Wildman–Crippen LogP) is -0.861. The molecule has 4 nitrogen and oxygen atoms in total. The zero-order chi connectivity index (χ0) is 6.71. The van der Waals surface area contributed by atoms with E-state index >= 15 is 0 Å². The first-order chi connectivity index (χ1) is 3.41. The monoisotopic (exact) mass is 182 g/mol. The third kappa shape index (κ3) is 894. The topological polar surface area (TPSA) is 68.3 Å². The van der Waals surface area contributed by atoms with Crippen LogP contribution >= 0.6 is 0 Å². The van der Waals surface area contributed by atoms with E-state index in [0.717, 1.165) is 17.4 Å². The van der Waals surface area contributed by atoms with Crippen molar-refractivity contribution in [3.8, 4) is 0 Å². The van der Waals surface area contributed by atoms with Crippen molar-refractivity contribution in [1.82, 2.24) is 0 Å². The van der Waals surface area contributed by atoms with Gasteiger partial charge in [-0.15, -0.1) is 0 Å². The summed E-state index contributed by atoms with van der Waals surface area (Å²) < 4.78 is 32.7. The van der Waals surface area contributed by atoms with Crippen molar-refractivity contribution in [1.29, 1.82) is 0 Å². The molecule has 0 aliphatic rings. The Morgan fingerprint density at radius 1 is 1.14 bits per heavy atom. The second-order valence-electron chi connectivity index (χ2n) is 0.0589. The van der Waals surface area contributed by atoms with E-state index in [9.17, 15) is 0 Å². The average Bonchev–Trinajstić information content (AvgIpc) is 1.78. The Morgan fingerprint density at radius 3 is 1.14 bits per heavy atom. The van der Waals surface area contributed by atoms with Gasteiger partial charge in [0.1, 0.15) is 0 Å². The van der Waals surface area contributed by atoms with E-state index < -0.39 is 14.8 Å². The fourth-order valence-electron chi connectivity index (χ4n) is 0. The molecule has 0 aromatic carbocycles. The van der Waals surface area contributed by atoms with E-state index in [4.69, 9.17) is 16.0 Å². The molecule has 0 aliphatic heterocycles. The molecule has 0 saturated heterocycles. The molecule has 0 spiro atoms. The van der Waals surface area contributed by atoms with Crippen molar-refractivity contribution in [2.75, 3.05) is 0 Å². The van der Waals surface area contributed by atoms with E-state index in [1.54, 1.807) is 0 Å². The van der Waals surface area contributed by atoms with Crippen LogP contribution in [0.4, 0.5) is 0 Å². The van der Waals surface area contributed by atoms with E-state index in [1.165, 1.54) is 0 Å². The van der Waals surface area contributed by atoms with Crippen LogP contribution in [0.2, 0.25) is 0 Å². The van der Waals surface area contributed by atoms with Crippen LogP contribution < -0.4 is 0 Å². The summed E-state index contributed by atoms with van der Waals surface area (Å²) in [5.41, 5.74) is 0. The predicted molar refractivity (Wildman–Crippen MR) is 8.50 cm³/mol. The average molecular weight is 182 g/mol. The minimum absolute atomic E-state index is 1.06. The molecule has 40 valence electrons. The molecule has 0 saturated carbocycles. The van der Waals surface area contributed by atoms with Gasteiger partial charge >= 0.3 is 56.0 Å². The minimum atomic E-state index is -1.25. The van der Waals surface area contributed by atoms with E-state index in [-0.39, 0.29) is 0 Å². The Kier molecular flexibility index (Phi) is 219. The van der Waals surface area contributed by atoms with E-state index in [2.05, 4.69) is 7.72 Å². The van der Waals surface area contributed by atoms with Gasteiger partial charge < -0.3 is 0 Å². The standard InChI is InChI=1S/BO.Fe.3O.V/c1-2;;;;;. The zero-order valence-electron chi connectivity index (χ0n) is 3.01. The summed E-state index contributed by atoms with van der Waals surface area (Å²) >= 11 is -0.188. The summed E-state index contributed by atoms with van der Waals surface area (Å²) in [6.07, 6.45) is 0. The molecule has 0 amide bonds. The van der Waals surface area contributed by atoms with Crippen molar-refractivity contribution in [2.24, 2.45) is 0 Å². The maximum atomic E-state index is 8.38. The van der Waals surface area contributed by atoms with Crippen molar-refractivity contribution in [3.63, 3.8) is 0 Å². The van der Waals surface area contributed by atoms with Crippen LogP contribution in [0.25, 0.3) is 0 Å². The third-order valence-electron chi connectivity index (χ3n) is 0. The van der Waals surface area contributed by atoms with Crippen molar-refractivity contribution in [2.45, 2.75) is 0 Å². The Bertz CT molecular complexity index is 47.7. The van der Waals surface area contributed by atoms with Crippen LogP contribution in [0, 0.1) is 0 Å². The second-order valence-corrected chi connectivity index (χ2v) is 0.243. The summed E-state index contributed by atoms with van der Waals surface area (Å²) in [4.78, 5) is 0. The Balaban J connectivity index is -0.0000000360. The van der Waals surface area contributed by atoms with E-state index in [1.807, 2.05) is 0 Å². The van der Waals surface area contributed by atoms with Gasteiger partial charge in [-0.2, -0.15) is 0 Å². The first kappa shape index (κ1) is 15.7. The van der Waals surface area contributed by atoms with Crippen LogP contribution in [0.3, 0.4) is 0 Å². The van der Waals surface area contributed by atoms with Crippen LogP contribution in [0.5, 0.6) is 0 Å². The number of hydrogen-bond donors (Lipinski definition) is 0. The number of hydrogen-bond acceptors (Lipinski definition) is 4. The van der Waals surface area contributed by atoms with Gasteiger partial charge in [0, 0.05) is 0 Å². The molecule has 0 aliphatic carbocycles. The van der Waals surface area contributed by atoms with Crippen LogP contribution in [-0.2, 0) is 48.2 Å². The SMILES string of the molecule is [B]=O.[O]=[Fe]=[O].[O]=[V]. The second kappa shape index (κ2) is 98.0. The summed E-state index contributed by atoms with van der Waals surface area (Å²) in [6.45, 7) is 0. The van der Waals surface area contributed by atoms with Gasteiger partial charge in [0.15, 0.2) is 0 Å². The van der Waals surface area contributed by atoms with Gasteiger partial charge in [-0.05, 0) is 0 Å². The third-order valence-corrected chi connectivity index (χ3v) is 0. The first-order valence-electron chi connectivity index (χ1n) is 0.707. The molecule has 7 heteroatoms. The maximum absolute atomic E-state index is 8.38. The molecule has 7 heavy (non-hydrogen) atoms. The van der Waals surface area contributed by atoms with Crippen molar-refractivity contribution < 1.29 is 48.2 Å². The molecule has 0 rings (SSSR count). The number of rotatable bonds is 0. The molecule has 0 unspecified atom stereocenters. The molecule has 0 aromatic heterocycles. The molecule has 0 bridgehead atoms. The Labute approximate surface area is 56.2 Å². The molecular weight excluding hydrogens is 182 g/mol. The normalized spacial score (nSPS) is 3.14. The van der Waals surface area contributed by atoms with Crippen LogP contribution in [0.15, 0.2) is 0 Å². The fraction of sp³-hybridized carbons (Fsp3) is 0. The summed E-state index contributed by atoms with van der Waals surface area (Å²) in [7, 11) is 3.25. The zero-order valence-corrected chi connectivity index (χ0v) is 5.51. The Hall–Kier alpha value is 0.369. The molecule has 0 atom stereocenters. The van der Waals surface area contributed by atoms with Gasteiger partial charge in [-0.3, -0.25) is 0 Å². The molecule has 0 fully saturated rings. The molecule has 0 heterocycles. The van der Waals surface area contributed by atoms with Crippen molar-refractivity contribution in [3.05, 3.63) is 0 Å². The summed E-state index contributed by atoms with van der Waals surface area (Å²) in [5, 5.41) is 0. The fourth-order valence-corrected chi connectivity index (χ4v) is 0. The van der Waals surface area contributed by atoms with E-state index in [0.29, 0.717) is 0 Å². The van der Waals surface area contributed by atoms with Crippen molar-refractivity contribution >= 4 is 7.72 Å². The summed E-state index contributed by atoms with van der Waals surface area (Å²) in [5.74, 6) is 0. The Morgan fingerprint density at radius 2 is 1.14 bits per heavy atom. The quantitative estimate of drug-likeness (QED) is 0.456. The van der Waals surface area contributed by atoms with Gasteiger partial charge in [-0.1, -0.05) is 0 Å². The first-order valence-corrected chi connectivity index (χ1v) is 2.18. The molecule has 1 radical (unpaired) electrons.